The van der Waals surface area contributed by atoms with E-state index in [4.69, 9.17) is 29.5 Å². The zero-order valence-corrected chi connectivity index (χ0v) is 42.3. The van der Waals surface area contributed by atoms with Crippen molar-refractivity contribution in [1.29, 1.82) is 5.53 Å². The van der Waals surface area contributed by atoms with Gasteiger partial charge in [0.05, 0.1) is 47.2 Å². The number of aliphatic hydroxyl groups is 2. The second-order valence-corrected chi connectivity index (χ2v) is 20.5. The van der Waals surface area contributed by atoms with E-state index in [2.05, 4.69) is 78.7 Å². The van der Waals surface area contributed by atoms with E-state index in [1.165, 1.54) is 0 Å². The zero-order chi connectivity index (χ0) is 49.5. The standard InChI is InChI=1S/C21H33N3O4.C21H31N3O4.CH4.2BH4PS/c2*1-12-16-19(23-13(2)22-12)28-18-15(8-10-27-20(26)21(3,4)5)11-14(7-6-9-25)17(18)24-16;;2*2-1-3/h14-15,17-18,24-25H,6-11H2,1-5H3;14-15,18,25H,6-11H2,1-5H3;1H4;2*1,3H,2H2/t14-,15-,17-,18+;14-,15-,18+;;;/m00.../s1/i2*25T;;2*1D. The first-order valence-corrected chi connectivity index (χ1v) is 23.9. The Kier molecular flexibility index (Phi) is 21.4. The van der Waals surface area contributed by atoms with Gasteiger partial charge in [0.2, 0.25) is 27.1 Å². The molecule has 0 spiro atoms. The fraction of sp³-hybridized carbons (Fsp3) is 0.744. The number of nitrogens with zero attached hydrogens (tertiary/aromatic N) is 5. The number of aliphatic imine (C=N–C) groups is 1. The second kappa shape index (κ2) is 26.8. The first kappa shape index (κ1) is 50.2. The molecule has 63 heavy (non-hydrogen) atoms. The minimum atomic E-state index is -0.507. The number of aromatic nitrogens is 4. The topological polar surface area (TPSA) is 187 Å². The van der Waals surface area contributed by atoms with Crippen LogP contribution in [0.3, 0.4) is 0 Å². The minimum absolute atomic E-state index is 0. The summed E-state index contributed by atoms with van der Waals surface area (Å²) in [6, 6.07) is 0.154. The number of nitrogens with one attached hydrogen (secondary N) is 1. The lowest BCUT2D eigenvalue weighted by molar-refractivity contribution is -0.154. The first-order valence-electron chi connectivity index (χ1n) is 23.5. The van der Waals surface area contributed by atoms with E-state index in [1.807, 2.05) is 69.2 Å². The number of hydrogen-bond acceptors (Lipinski definition) is 16. The SMILES string of the molecule is C.[2H]B(P)S.[2H]B(P)S.[3H]OCCC[C@H]1C[C@H](CCOC(=O)C(C)(C)C)[C@H]2Oc3nc(C)nc(C)c3N=C12.[3H]OCCC[C@H]1C[C@H](CCOC(=O)C(C)(C)C)[C@H]2Oc3nc(C)nc(C)c3N[C@@H]12. The number of ether oxygens (including phenoxy) is 4. The van der Waals surface area contributed by atoms with Crippen molar-refractivity contribution in [1.82, 2.24) is 19.9 Å². The normalized spacial score (nSPS) is 23.3. The van der Waals surface area contributed by atoms with Crippen LogP contribution in [-0.2, 0) is 19.1 Å². The van der Waals surface area contributed by atoms with Crippen molar-refractivity contribution in [3.63, 3.8) is 0 Å². The molecule has 2 aromatic heterocycles. The van der Waals surface area contributed by atoms with Crippen molar-refractivity contribution in [2.75, 3.05) is 31.7 Å². The van der Waals surface area contributed by atoms with Crippen LogP contribution in [0.5, 0.6) is 11.8 Å². The van der Waals surface area contributed by atoms with Crippen LogP contribution in [0.2, 0.25) is 0 Å². The van der Waals surface area contributed by atoms with Crippen LogP contribution in [0, 0.1) is 62.2 Å². The molecule has 3 N–H and O–H groups in total. The molecule has 2 aliphatic heterocycles. The molecule has 0 amide bonds. The molecule has 14 nitrogen and oxygen atoms in total. The van der Waals surface area contributed by atoms with Crippen molar-refractivity contribution in [3.8, 4) is 11.8 Å². The summed E-state index contributed by atoms with van der Waals surface area (Å²) < 4.78 is 50.3. The lowest BCUT2D eigenvalue weighted by Gasteiger charge is -2.35. The average molecular weight is 959 g/mol. The van der Waals surface area contributed by atoms with Gasteiger partial charge in [-0.1, -0.05) is 7.43 Å². The Labute approximate surface area is 399 Å². The Balaban J connectivity index is 0.000000391. The van der Waals surface area contributed by atoms with Gasteiger partial charge in [0.15, 0.2) is 0 Å². The summed E-state index contributed by atoms with van der Waals surface area (Å²) >= 11 is 7.19. The number of hydrogen-bond donors (Lipinski definition) is 5. The van der Waals surface area contributed by atoms with Crippen LogP contribution >= 0.6 is 43.2 Å². The van der Waals surface area contributed by atoms with Crippen molar-refractivity contribution in [2.45, 2.75) is 146 Å². The second-order valence-electron chi connectivity index (χ2n) is 18.2. The summed E-state index contributed by atoms with van der Waals surface area (Å²) in [6.07, 6.45) is 6.04. The number of fused-ring (bicyclic) bond motifs is 4. The molecule has 6 rings (SSSR count). The van der Waals surface area contributed by atoms with Crippen LogP contribution in [0.4, 0.5) is 11.4 Å². The highest BCUT2D eigenvalue weighted by molar-refractivity contribution is 8.20. The van der Waals surface area contributed by atoms with E-state index < -0.39 is 10.8 Å². The van der Waals surface area contributed by atoms with Gasteiger partial charge in [0.1, 0.15) is 35.2 Å². The average Bonchev–Trinajstić information content (AvgIpc) is 3.71. The maximum atomic E-state index is 12.1. The largest absolute Gasteiger partial charge is 0.470 e. The molecule has 2 saturated carbocycles. The molecule has 0 saturated heterocycles. The molecule has 9 atom stereocenters. The predicted molar refractivity (Wildman–Crippen MR) is 271 cm³/mol. The van der Waals surface area contributed by atoms with Crippen LogP contribution in [-0.4, -0.2) is 110 Å². The fourth-order valence-electron chi connectivity index (χ4n) is 8.19. The third-order valence-corrected chi connectivity index (χ3v) is 11.1. The van der Waals surface area contributed by atoms with Crippen molar-refractivity contribution < 1.29 is 38.8 Å². The van der Waals surface area contributed by atoms with Crippen molar-refractivity contribution in [2.24, 2.45) is 39.5 Å². The maximum absolute atomic E-state index is 12.1. The minimum Gasteiger partial charge on any atom is -0.470 e. The van der Waals surface area contributed by atoms with E-state index in [0.717, 1.165) is 74.2 Å². The number of carbonyl (C=O) groups excluding carboxylic acids is 2. The lowest BCUT2D eigenvalue weighted by atomic mass is 9.96. The number of aryl methyl sites for hydroxylation is 4. The van der Waals surface area contributed by atoms with Gasteiger partial charge >= 0.3 is 11.9 Å². The highest BCUT2D eigenvalue weighted by Crippen LogP contribution is 2.46. The number of esters is 2. The Morgan fingerprint density at radius 2 is 1.33 bits per heavy atom. The van der Waals surface area contributed by atoms with Gasteiger partial charge in [0.25, 0.3) is 0 Å². The van der Waals surface area contributed by atoms with Crippen molar-refractivity contribution >= 4 is 84.7 Å². The first-order chi connectivity index (χ1) is 30.9. The molecule has 4 heterocycles. The smallest absolute Gasteiger partial charge is 0.311 e. The Morgan fingerprint density at radius 3 is 1.89 bits per heavy atom. The molecule has 0 aromatic carbocycles. The molecule has 4 aliphatic rings. The van der Waals surface area contributed by atoms with E-state index in [-0.39, 0.29) is 67.9 Å². The number of aliphatic hydroxyl groups excluding tert-OH is 2. The maximum Gasteiger partial charge on any atom is 0.311 e. The molecule has 0 radical (unpaired) electrons. The Morgan fingerprint density at radius 1 is 0.810 bits per heavy atom. The molecular weight excluding hydrogens is 876 g/mol. The van der Waals surface area contributed by atoms with E-state index in [1.54, 1.807) is 0 Å². The van der Waals surface area contributed by atoms with Gasteiger partial charge in [-0.25, -0.2) is 39.9 Å². The summed E-state index contributed by atoms with van der Waals surface area (Å²) in [4.78, 5) is 46.9. The Hall–Kier alpha value is -2.22. The molecule has 20 heteroatoms. The van der Waals surface area contributed by atoms with Crippen LogP contribution < -0.4 is 14.8 Å². The van der Waals surface area contributed by atoms with Gasteiger partial charge in [0, 0.05) is 31.0 Å². The number of thiol groups is 2. The molecule has 0 bridgehead atoms. The summed E-state index contributed by atoms with van der Waals surface area (Å²) in [6.45, 7) is 20.3. The highest BCUT2D eigenvalue weighted by Gasteiger charge is 2.48. The van der Waals surface area contributed by atoms with Crippen LogP contribution in [0.1, 0.15) is 123 Å². The number of carbonyl (C=O) groups is 2. The van der Waals surface area contributed by atoms with Crippen molar-refractivity contribution in [3.05, 3.63) is 23.0 Å². The zero-order valence-electron chi connectivity index (χ0n) is 42.2. The predicted octanol–water partition coefficient (Wildman–Crippen LogP) is 7.09. The molecule has 2 fully saturated rings. The summed E-state index contributed by atoms with van der Waals surface area (Å²) in [7, 11) is 4.38. The molecular formula is C43H76B2N6O8P2S2. The van der Waals surface area contributed by atoms with Gasteiger partial charge in [-0.05, 0) is 129 Å². The third-order valence-electron chi connectivity index (χ3n) is 11.1. The van der Waals surface area contributed by atoms with Gasteiger partial charge in [-0.2, -0.15) is 28.2 Å². The quantitative estimate of drug-likeness (QED) is 0.0425. The summed E-state index contributed by atoms with van der Waals surface area (Å²) in [5.74, 6) is 3.26. The van der Waals surface area contributed by atoms with E-state index in [0.29, 0.717) is 61.4 Å². The van der Waals surface area contributed by atoms with E-state index >= 15 is 0 Å². The molecule has 2 unspecified atom stereocenters. The number of anilines is 1. The Bertz CT molecular complexity index is 1920. The fourth-order valence-corrected chi connectivity index (χ4v) is 8.19. The van der Waals surface area contributed by atoms with Gasteiger partial charge in [-0.3, -0.25) is 9.59 Å². The van der Waals surface area contributed by atoms with Crippen LogP contribution in [0.15, 0.2) is 4.99 Å². The summed E-state index contributed by atoms with van der Waals surface area (Å²) in [5.41, 5.74) is 3.31. The molecule has 354 valence electrons. The summed E-state index contributed by atoms with van der Waals surface area (Å²) in [5, 5.41) is 12.6. The van der Waals surface area contributed by atoms with Gasteiger partial charge < -0.3 is 34.5 Å². The highest BCUT2D eigenvalue weighted by atomic mass is 32.1. The lowest BCUT2D eigenvalue weighted by Crippen LogP contribution is -2.44. The number of rotatable bonds is 14. The van der Waals surface area contributed by atoms with E-state index in [9.17, 15) is 9.59 Å². The third kappa shape index (κ3) is 16.6. The molecule has 2 aliphatic carbocycles. The van der Waals surface area contributed by atoms with Crippen LogP contribution in [0.25, 0.3) is 0 Å². The van der Waals surface area contributed by atoms with Gasteiger partial charge in [-0.15, -0.1) is 0 Å². The monoisotopic (exact) mass is 959 g/mol. The molecule has 2 aromatic rings.